The summed E-state index contributed by atoms with van der Waals surface area (Å²) < 4.78 is 42.1. The van der Waals surface area contributed by atoms with Gasteiger partial charge in [0.25, 0.3) is 10.0 Å². The highest BCUT2D eigenvalue weighted by molar-refractivity contribution is 7.92. The second kappa shape index (κ2) is 6.40. The summed E-state index contributed by atoms with van der Waals surface area (Å²) in [6.45, 7) is 2.07. The molecule has 0 aliphatic rings. The normalized spacial score (nSPS) is 11.4. The smallest absolute Gasteiger partial charge is 0.261 e. The molecule has 1 N–H and O–H groups in total. The molecule has 0 radical (unpaired) electrons. The summed E-state index contributed by atoms with van der Waals surface area (Å²) in [5.41, 5.74) is 1.67. The maximum atomic E-state index is 13.3. The average Bonchev–Trinajstić information content (AvgIpc) is 3.04. The van der Waals surface area contributed by atoms with Crippen molar-refractivity contribution in [2.24, 2.45) is 0 Å². The van der Waals surface area contributed by atoms with Crippen LogP contribution in [0, 0.1) is 12.7 Å². The first-order valence-electron chi connectivity index (χ1n) is 7.14. The molecule has 2 aromatic carbocycles. The number of anilines is 1. The fourth-order valence-electron chi connectivity index (χ4n) is 2.18. The van der Waals surface area contributed by atoms with Gasteiger partial charge in [0.15, 0.2) is 0 Å². The van der Waals surface area contributed by atoms with Crippen LogP contribution in [-0.2, 0) is 16.6 Å². The highest BCUT2D eigenvalue weighted by Gasteiger charge is 2.15. The van der Waals surface area contributed by atoms with E-state index in [1.807, 2.05) is 0 Å². The van der Waals surface area contributed by atoms with E-state index in [9.17, 15) is 12.8 Å². The van der Waals surface area contributed by atoms with E-state index < -0.39 is 15.8 Å². The first kappa shape index (κ1) is 16.1. The number of halogens is 1. The fourth-order valence-corrected chi connectivity index (χ4v) is 3.32. The minimum atomic E-state index is -3.76. The van der Waals surface area contributed by atoms with Crippen LogP contribution in [0.3, 0.4) is 0 Å². The van der Waals surface area contributed by atoms with Crippen LogP contribution >= 0.6 is 0 Å². The first-order valence-corrected chi connectivity index (χ1v) is 8.63. The predicted molar refractivity (Wildman–Crippen MR) is 87.5 cm³/mol. The number of nitrogens with one attached hydrogen (secondary N) is 1. The van der Waals surface area contributed by atoms with E-state index in [4.69, 9.17) is 0 Å². The van der Waals surface area contributed by atoms with Crippen molar-refractivity contribution in [2.45, 2.75) is 18.4 Å². The molecule has 1 aromatic heterocycles. The van der Waals surface area contributed by atoms with Crippen molar-refractivity contribution in [3.05, 3.63) is 72.1 Å². The summed E-state index contributed by atoms with van der Waals surface area (Å²) in [6, 6.07) is 10.6. The van der Waals surface area contributed by atoms with Crippen LogP contribution in [0.25, 0.3) is 0 Å². The molecule has 0 aliphatic carbocycles. The zero-order chi connectivity index (χ0) is 17.2. The molecule has 0 amide bonds. The van der Waals surface area contributed by atoms with Gasteiger partial charge in [0.2, 0.25) is 0 Å². The molecule has 0 saturated carbocycles. The Morgan fingerprint density at radius 2 is 1.92 bits per heavy atom. The van der Waals surface area contributed by atoms with E-state index in [1.54, 1.807) is 35.3 Å². The van der Waals surface area contributed by atoms with Gasteiger partial charge in [-0.15, -0.1) is 0 Å². The lowest BCUT2D eigenvalue weighted by atomic mass is 10.2. The minimum Gasteiger partial charge on any atom is -0.280 e. The quantitative estimate of drug-likeness (QED) is 0.770. The Labute approximate surface area is 139 Å². The van der Waals surface area contributed by atoms with Crippen LogP contribution in [0.1, 0.15) is 11.1 Å². The standard InChI is InChI=1S/C16H15FN4O2S/c1-12-8-15(6-7-16(12)17)24(22,23)20-14-4-2-13(3-5-14)9-21-11-18-10-19-21/h2-8,10-11,20H,9H2,1H3. The SMILES string of the molecule is Cc1cc(S(=O)(=O)Nc2ccc(Cn3cncn3)cc2)ccc1F. The van der Waals surface area contributed by atoms with E-state index in [0.717, 1.165) is 11.6 Å². The highest BCUT2D eigenvalue weighted by Crippen LogP contribution is 2.19. The molecule has 0 aliphatic heterocycles. The van der Waals surface area contributed by atoms with Crippen LogP contribution in [0.5, 0.6) is 0 Å². The summed E-state index contributed by atoms with van der Waals surface area (Å²) in [4.78, 5) is 3.89. The van der Waals surface area contributed by atoms with Gasteiger partial charge in [-0.2, -0.15) is 5.10 Å². The van der Waals surface area contributed by atoms with E-state index >= 15 is 0 Å². The number of hydrogen-bond donors (Lipinski definition) is 1. The molecule has 0 atom stereocenters. The Hall–Kier alpha value is -2.74. The lowest BCUT2D eigenvalue weighted by Crippen LogP contribution is -2.13. The van der Waals surface area contributed by atoms with Crippen LogP contribution in [0.15, 0.2) is 60.0 Å². The molecular formula is C16H15FN4O2S. The largest absolute Gasteiger partial charge is 0.280 e. The zero-order valence-corrected chi connectivity index (χ0v) is 13.7. The van der Waals surface area contributed by atoms with Crippen LogP contribution in [0.4, 0.5) is 10.1 Å². The van der Waals surface area contributed by atoms with Gasteiger partial charge in [-0.25, -0.2) is 22.5 Å². The van der Waals surface area contributed by atoms with E-state index in [0.29, 0.717) is 12.2 Å². The molecule has 0 spiro atoms. The lowest BCUT2D eigenvalue weighted by Gasteiger charge is -2.10. The van der Waals surface area contributed by atoms with E-state index in [2.05, 4.69) is 14.8 Å². The first-order chi connectivity index (χ1) is 11.4. The van der Waals surface area contributed by atoms with Gasteiger partial charge in [0, 0.05) is 5.69 Å². The number of benzene rings is 2. The van der Waals surface area contributed by atoms with E-state index in [1.165, 1.54) is 25.4 Å². The summed E-state index contributed by atoms with van der Waals surface area (Å²) >= 11 is 0. The van der Waals surface area contributed by atoms with Crippen molar-refractivity contribution in [3.63, 3.8) is 0 Å². The Balaban J connectivity index is 1.76. The second-order valence-corrected chi connectivity index (χ2v) is 6.99. The van der Waals surface area contributed by atoms with Gasteiger partial charge < -0.3 is 0 Å². The summed E-state index contributed by atoms with van der Waals surface area (Å²) in [5, 5.41) is 4.01. The van der Waals surface area contributed by atoms with Gasteiger partial charge in [-0.05, 0) is 48.4 Å². The molecule has 0 bridgehead atoms. The Morgan fingerprint density at radius 1 is 1.17 bits per heavy atom. The third kappa shape index (κ3) is 3.60. The predicted octanol–water partition coefficient (Wildman–Crippen LogP) is 2.57. The summed E-state index contributed by atoms with van der Waals surface area (Å²) in [5.74, 6) is -0.439. The lowest BCUT2D eigenvalue weighted by molar-refractivity contribution is 0.598. The van der Waals surface area contributed by atoms with Crippen molar-refractivity contribution in [1.29, 1.82) is 0 Å². The molecule has 0 fully saturated rings. The third-order valence-electron chi connectivity index (χ3n) is 3.46. The number of rotatable bonds is 5. The molecule has 3 rings (SSSR count). The number of hydrogen-bond acceptors (Lipinski definition) is 4. The molecule has 24 heavy (non-hydrogen) atoms. The van der Waals surface area contributed by atoms with Gasteiger partial charge in [0.05, 0.1) is 11.4 Å². The molecule has 8 heteroatoms. The molecule has 3 aromatic rings. The number of sulfonamides is 1. The van der Waals surface area contributed by atoms with Crippen molar-refractivity contribution < 1.29 is 12.8 Å². The van der Waals surface area contributed by atoms with E-state index in [-0.39, 0.29) is 10.5 Å². The molecule has 0 saturated heterocycles. The van der Waals surface area contributed by atoms with Crippen LogP contribution < -0.4 is 4.72 Å². The third-order valence-corrected chi connectivity index (χ3v) is 4.84. The molecule has 6 nitrogen and oxygen atoms in total. The van der Waals surface area contributed by atoms with Crippen LogP contribution in [0.2, 0.25) is 0 Å². The molecule has 1 heterocycles. The van der Waals surface area contributed by atoms with Crippen LogP contribution in [-0.4, -0.2) is 23.2 Å². The van der Waals surface area contributed by atoms with Gasteiger partial charge in [-0.1, -0.05) is 12.1 Å². The fraction of sp³-hybridized carbons (Fsp3) is 0.125. The topological polar surface area (TPSA) is 76.9 Å². The van der Waals surface area contributed by atoms with Crippen molar-refractivity contribution in [2.75, 3.05) is 4.72 Å². The Bertz CT molecular complexity index is 939. The van der Waals surface area contributed by atoms with Gasteiger partial charge in [-0.3, -0.25) is 4.72 Å². The van der Waals surface area contributed by atoms with Crippen molar-refractivity contribution >= 4 is 15.7 Å². The van der Waals surface area contributed by atoms with Gasteiger partial charge >= 0.3 is 0 Å². The van der Waals surface area contributed by atoms with Gasteiger partial charge in [0.1, 0.15) is 18.5 Å². The number of nitrogens with zero attached hydrogens (tertiary/aromatic N) is 3. The summed E-state index contributed by atoms with van der Waals surface area (Å²) in [6.07, 6.45) is 3.06. The van der Waals surface area contributed by atoms with Crippen molar-refractivity contribution in [1.82, 2.24) is 14.8 Å². The average molecular weight is 346 g/mol. The number of aryl methyl sites for hydroxylation is 1. The molecular weight excluding hydrogens is 331 g/mol. The van der Waals surface area contributed by atoms with Crippen molar-refractivity contribution in [3.8, 4) is 0 Å². The zero-order valence-electron chi connectivity index (χ0n) is 12.8. The number of aromatic nitrogens is 3. The maximum absolute atomic E-state index is 13.3. The highest BCUT2D eigenvalue weighted by atomic mass is 32.2. The maximum Gasteiger partial charge on any atom is 0.261 e. The summed E-state index contributed by atoms with van der Waals surface area (Å²) in [7, 11) is -3.76. The Kier molecular flexibility index (Phi) is 4.30. The molecule has 0 unspecified atom stereocenters. The second-order valence-electron chi connectivity index (χ2n) is 5.31. The monoisotopic (exact) mass is 346 g/mol. The minimum absolute atomic E-state index is 0.0214. The Morgan fingerprint density at radius 3 is 2.54 bits per heavy atom. The molecule has 124 valence electrons.